The smallest absolute Gasteiger partial charge is 0.208 e. The third-order valence-corrected chi connectivity index (χ3v) is 4.70. The van der Waals surface area contributed by atoms with Crippen LogP contribution in [0.4, 0.5) is 5.13 Å². The van der Waals surface area contributed by atoms with E-state index in [0.29, 0.717) is 0 Å². The van der Waals surface area contributed by atoms with Gasteiger partial charge in [-0.05, 0) is 20.8 Å². The number of hydrogen-bond donors (Lipinski definition) is 0. The number of hydrogen-bond acceptors (Lipinski definition) is 6. The van der Waals surface area contributed by atoms with Crippen molar-refractivity contribution in [3.8, 4) is 0 Å². The minimum absolute atomic E-state index is 0.805. The lowest BCUT2D eigenvalue weighted by atomic mass is 10.3. The van der Waals surface area contributed by atoms with Crippen LogP contribution < -0.4 is 4.90 Å². The fraction of sp³-hybridized carbons (Fsp3) is 0.571. The summed E-state index contributed by atoms with van der Waals surface area (Å²) in [5, 5.41) is 3.25. The van der Waals surface area contributed by atoms with Crippen LogP contribution in [-0.2, 0) is 6.54 Å². The average Bonchev–Trinajstić information content (AvgIpc) is 2.98. The van der Waals surface area contributed by atoms with E-state index in [1.54, 1.807) is 11.3 Å². The van der Waals surface area contributed by atoms with Crippen LogP contribution in [0.1, 0.15) is 23.0 Å². The Kier molecular flexibility index (Phi) is 3.76. The lowest BCUT2D eigenvalue weighted by Gasteiger charge is -2.33. The molecule has 1 aliphatic rings. The molecular weight excluding hydrogens is 272 g/mol. The first-order valence-electron chi connectivity index (χ1n) is 6.94. The van der Waals surface area contributed by atoms with Gasteiger partial charge in [0.1, 0.15) is 5.76 Å². The quantitative estimate of drug-likeness (QED) is 0.869. The molecule has 0 unspecified atom stereocenters. The summed E-state index contributed by atoms with van der Waals surface area (Å²) in [6, 6.07) is 0. The molecule has 6 heteroatoms. The van der Waals surface area contributed by atoms with E-state index in [1.165, 1.54) is 0 Å². The summed E-state index contributed by atoms with van der Waals surface area (Å²) < 4.78 is 5.66. The van der Waals surface area contributed by atoms with Crippen LogP contribution in [0.2, 0.25) is 0 Å². The van der Waals surface area contributed by atoms with E-state index in [1.807, 2.05) is 20.8 Å². The van der Waals surface area contributed by atoms with E-state index in [0.717, 1.165) is 60.9 Å². The Hall–Kier alpha value is -1.40. The molecule has 0 spiro atoms. The first kappa shape index (κ1) is 13.6. The number of piperazine rings is 1. The van der Waals surface area contributed by atoms with E-state index >= 15 is 0 Å². The van der Waals surface area contributed by atoms with Crippen LogP contribution in [0.5, 0.6) is 0 Å². The molecule has 2 aromatic rings. The van der Waals surface area contributed by atoms with Gasteiger partial charge in [0.2, 0.25) is 5.89 Å². The topological polar surface area (TPSA) is 45.4 Å². The molecule has 1 aliphatic heterocycles. The molecule has 3 rings (SSSR count). The molecule has 108 valence electrons. The average molecular weight is 292 g/mol. The van der Waals surface area contributed by atoms with Gasteiger partial charge in [-0.2, -0.15) is 0 Å². The highest BCUT2D eigenvalue weighted by Gasteiger charge is 2.20. The van der Waals surface area contributed by atoms with Crippen molar-refractivity contribution in [1.29, 1.82) is 0 Å². The number of aryl methyl sites for hydroxylation is 3. The largest absolute Gasteiger partial charge is 0.444 e. The Balaban J connectivity index is 1.56. The predicted octanol–water partition coefficient (Wildman–Crippen LogP) is 2.38. The van der Waals surface area contributed by atoms with E-state index in [4.69, 9.17) is 4.42 Å². The van der Waals surface area contributed by atoms with Crippen molar-refractivity contribution in [2.45, 2.75) is 27.3 Å². The zero-order valence-electron chi connectivity index (χ0n) is 12.2. The third-order valence-electron chi connectivity index (χ3n) is 3.68. The van der Waals surface area contributed by atoms with Gasteiger partial charge in [-0.15, -0.1) is 11.3 Å². The standard InChI is InChI=1S/C14H20N4OS/c1-10-9-20-14(15-10)18-6-4-17(5-7-18)8-13-16-11(2)12(3)19-13/h9H,4-8H2,1-3H3. The highest BCUT2D eigenvalue weighted by molar-refractivity contribution is 7.13. The summed E-state index contributed by atoms with van der Waals surface area (Å²) in [5.41, 5.74) is 2.11. The molecule has 1 fully saturated rings. The zero-order chi connectivity index (χ0) is 14.1. The molecule has 5 nitrogen and oxygen atoms in total. The number of nitrogens with zero attached hydrogens (tertiary/aromatic N) is 4. The minimum Gasteiger partial charge on any atom is -0.444 e. The van der Waals surface area contributed by atoms with Crippen LogP contribution in [0.15, 0.2) is 9.80 Å². The number of aromatic nitrogens is 2. The highest BCUT2D eigenvalue weighted by atomic mass is 32.1. The lowest BCUT2D eigenvalue weighted by Crippen LogP contribution is -2.46. The van der Waals surface area contributed by atoms with Crippen molar-refractivity contribution >= 4 is 16.5 Å². The van der Waals surface area contributed by atoms with Crippen molar-refractivity contribution in [3.63, 3.8) is 0 Å². The van der Waals surface area contributed by atoms with Crippen LogP contribution in [0, 0.1) is 20.8 Å². The predicted molar refractivity (Wildman–Crippen MR) is 80.3 cm³/mol. The third kappa shape index (κ3) is 2.86. The molecule has 1 saturated heterocycles. The number of thiazole rings is 1. The molecule has 20 heavy (non-hydrogen) atoms. The molecule has 0 N–H and O–H groups in total. The lowest BCUT2D eigenvalue weighted by molar-refractivity contribution is 0.225. The van der Waals surface area contributed by atoms with Crippen molar-refractivity contribution < 1.29 is 4.42 Å². The molecule has 0 atom stereocenters. The zero-order valence-corrected chi connectivity index (χ0v) is 13.0. The maximum atomic E-state index is 5.66. The summed E-state index contributed by atoms with van der Waals surface area (Å²) in [7, 11) is 0. The summed E-state index contributed by atoms with van der Waals surface area (Å²) in [6.07, 6.45) is 0. The molecule has 0 amide bonds. The number of oxazole rings is 1. The van der Waals surface area contributed by atoms with Crippen LogP contribution in [0.3, 0.4) is 0 Å². The summed E-state index contributed by atoms with van der Waals surface area (Å²) in [6.45, 7) is 10.9. The summed E-state index contributed by atoms with van der Waals surface area (Å²) >= 11 is 1.73. The first-order valence-corrected chi connectivity index (χ1v) is 7.82. The van der Waals surface area contributed by atoms with Gasteiger partial charge in [0, 0.05) is 31.6 Å². The van der Waals surface area contributed by atoms with E-state index in [9.17, 15) is 0 Å². The van der Waals surface area contributed by atoms with Crippen LogP contribution in [0.25, 0.3) is 0 Å². The second-order valence-corrected chi connectivity index (χ2v) is 6.12. The maximum absolute atomic E-state index is 5.66. The van der Waals surface area contributed by atoms with E-state index < -0.39 is 0 Å². The van der Waals surface area contributed by atoms with Crippen molar-refractivity contribution in [1.82, 2.24) is 14.9 Å². The Labute approximate surface area is 123 Å². The second kappa shape index (κ2) is 5.54. The number of anilines is 1. The molecule has 0 radical (unpaired) electrons. The maximum Gasteiger partial charge on any atom is 0.208 e. The Morgan fingerprint density at radius 3 is 2.45 bits per heavy atom. The fourth-order valence-electron chi connectivity index (χ4n) is 2.38. The van der Waals surface area contributed by atoms with Gasteiger partial charge >= 0.3 is 0 Å². The molecule has 3 heterocycles. The normalized spacial score (nSPS) is 16.9. The minimum atomic E-state index is 0.805. The van der Waals surface area contributed by atoms with Gasteiger partial charge in [-0.1, -0.05) is 0 Å². The van der Waals surface area contributed by atoms with Crippen LogP contribution >= 0.6 is 11.3 Å². The molecule has 0 aliphatic carbocycles. The van der Waals surface area contributed by atoms with Gasteiger partial charge in [-0.25, -0.2) is 9.97 Å². The van der Waals surface area contributed by atoms with Gasteiger partial charge in [0.15, 0.2) is 5.13 Å². The monoisotopic (exact) mass is 292 g/mol. The molecule has 0 bridgehead atoms. The fourth-order valence-corrected chi connectivity index (χ4v) is 3.24. The Bertz CT molecular complexity index is 564. The highest BCUT2D eigenvalue weighted by Crippen LogP contribution is 2.22. The van der Waals surface area contributed by atoms with Gasteiger partial charge in [0.05, 0.1) is 17.9 Å². The SMILES string of the molecule is Cc1csc(N2CCN(Cc3nc(C)c(C)o3)CC2)n1. The second-order valence-electron chi connectivity index (χ2n) is 5.28. The van der Waals surface area contributed by atoms with Crippen LogP contribution in [-0.4, -0.2) is 41.0 Å². The Morgan fingerprint density at radius 2 is 1.90 bits per heavy atom. The molecular formula is C14H20N4OS. The molecule has 2 aromatic heterocycles. The van der Waals surface area contributed by atoms with Crippen molar-refractivity contribution in [2.75, 3.05) is 31.1 Å². The van der Waals surface area contributed by atoms with Crippen molar-refractivity contribution in [2.24, 2.45) is 0 Å². The van der Waals surface area contributed by atoms with Gasteiger partial charge in [-0.3, -0.25) is 4.90 Å². The molecule has 0 aromatic carbocycles. The van der Waals surface area contributed by atoms with E-state index in [-0.39, 0.29) is 0 Å². The van der Waals surface area contributed by atoms with Gasteiger partial charge < -0.3 is 9.32 Å². The van der Waals surface area contributed by atoms with Gasteiger partial charge in [0.25, 0.3) is 0 Å². The molecule has 0 saturated carbocycles. The van der Waals surface area contributed by atoms with Crippen molar-refractivity contribution in [3.05, 3.63) is 28.4 Å². The summed E-state index contributed by atoms with van der Waals surface area (Å²) in [5.74, 6) is 1.76. The summed E-state index contributed by atoms with van der Waals surface area (Å²) in [4.78, 5) is 13.8. The number of rotatable bonds is 3. The Morgan fingerprint density at radius 1 is 1.15 bits per heavy atom. The van der Waals surface area contributed by atoms with E-state index in [2.05, 4.69) is 25.1 Å². The first-order chi connectivity index (χ1) is 9.61.